The van der Waals surface area contributed by atoms with Gasteiger partial charge in [0.25, 0.3) is 5.69 Å². The van der Waals surface area contributed by atoms with Crippen LogP contribution < -0.4 is 4.72 Å². The Balaban J connectivity index is 2.12. The van der Waals surface area contributed by atoms with Crippen molar-refractivity contribution < 1.29 is 13.3 Å². The number of nitrogens with zero attached hydrogens (tertiary/aromatic N) is 3. The Kier molecular flexibility index (Phi) is 4.34. The van der Waals surface area contributed by atoms with Crippen molar-refractivity contribution in [2.45, 2.75) is 5.75 Å². The van der Waals surface area contributed by atoms with Crippen LogP contribution in [-0.4, -0.2) is 23.3 Å². The number of rotatable bonds is 5. The van der Waals surface area contributed by atoms with Crippen molar-refractivity contribution in [1.29, 1.82) is 0 Å². The first-order chi connectivity index (χ1) is 9.85. The molecule has 0 saturated heterocycles. The maximum atomic E-state index is 11.9. The van der Waals surface area contributed by atoms with Crippen LogP contribution in [0.5, 0.6) is 0 Å². The van der Waals surface area contributed by atoms with Gasteiger partial charge in [0.2, 0.25) is 16.0 Å². The number of sulfonamides is 1. The molecule has 8 nitrogen and oxygen atoms in total. The van der Waals surface area contributed by atoms with Crippen LogP contribution in [0.25, 0.3) is 0 Å². The number of benzene rings is 1. The molecule has 0 aliphatic heterocycles. The molecule has 2 aromatic rings. The molecule has 0 amide bonds. The molecule has 1 aromatic carbocycles. The van der Waals surface area contributed by atoms with Gasteiger partial charge in [0, 0.05) is 18.3 Å². The van der Waals surface area contributed by atoms with Gasteiger partial charge in [-0.2, -0.15) is 0 Å². The summed E-state index contributed by atoms with van der Waals surface area (Å²) in [6.45, 7) is 0. The third-order valence-corrected chi connectivity index (χ3v) is 3.79. The van der Waals surface area contributed by atoms with E-state index in [4.69, 9.17) is 11.6 Å². The Bertz CT molecular complexity index is 764. The second kappa shape index (κ2) is 6.02. The summed E-state index contributed by atoms with van der Waals surface area (Å²) < 4.78 is 26.0. The minimum Gasteiger partial charge on any atom is -0.258 e. The van der Waals surface area contributed by atoms with Crippen LogP contribution >= 0.6 is 11.6 Å². The van der Waals surface area contributed by atoms with Gasteiger partial charge < -0.3 is 0 Å². The minimum atomic E-state index is -3.74. The molecule has 0 saturated carbocycles. The normalized spacial score (nSPS) is 11.1. The zero-order valence-corrected chi connectivity index (χ0v) is 12.0. The first-order valence-corrected chi connectivity index (χ1v) is 7.61. The van der Waals surface area contributed by atoms with Gasteiger partial charge in [0.15, 0.2) is 0 Å². The van der Waals surface area contributed by atoms with Crippen molar-refractivity contribution in [2.75, 3.05) is 4.72 Å². The first kappa shape index (κ1) is 15.1. The standard InChI is InChI=1S/C11H9ClN4O4S/c12-10-5-6-13-11(14-10)15-21(19,20)7-8-1-3-9(4-2-8)16(17)18/h1-6H,7H2,(H,13,14,15). The summed E-state index contributed by atoms with van der Waals surface area (Å²) in [4.78, 5) is 17.4. The predicted octanol–water partition coefficient (Wildman–Crippen LogP) is 1.98. The number of nitro groups is 1. The number of halogens is 1. The Hall–Kier alpha value is -2.26. The largest absolute Gasteiger partial charge is 0.269 e. The van der Waals surface area contributed by atoms with Crippen LogP contribution in [0.3, 0.4) is 0 Å². The van der Waals surface area contributed by atoms with E-state index in [1.54, 1.807) is 0 Å². The van der Waals surface area contributed by atoms with Crippen molar-refractivity contribution in [1.82, 2.24) is 9.97 Å². The van der Waals surface area contributed by atoms with E-state index in [1.807, 2.05) is 0 Å². The summed E-state index contributed by atoms with van der Waals surface area (Å²) in [5, 5.41) is 10.6. The molecule has 0 aliphatic rings. The lowest BCUT2D eigenvalue weighted by Crippen LogP contribution is -2.16. The number of nitrogens with one attached hydrogen (secondary N) is 1. The highest BCUT2D eigenvalue weighted by Crippen LogP contribution is 2.15. The van der Waals surface area contributed by atoms with Gasteiger partial charge >= 0.3 is 0 Å². The van der Waals surface area contributed by atoms with Gasteiger partial charge in [0.1, 0.15) is 5.15 Å². The van der Waals surface area contributed by atoms with Crippen molar-refractivity contribution in [3.8, 4) is 0 Å². The van der Waals surface area contributed by atoms with Crippen molar-refractivity contribution in [3.63, 3.8) is 0 Å². The maximum absolute atomic E-state index is 11.9. The fourth-order valence-electron chi connectivity index (χ4n) is 1.49. The monoisotopic (exact) mass is 328 g/mol. The number of non-ortho nitro benzene ring substituents is 1. The van der Waals surface area contributed by atoms with E-state index in [9.17, 15) is 18.5 Å². The average Bonchev–Trinajstić information content (AvgIpc) is 2.38. The highest BCUT2D eigenvalue weighted by molar-refractivity contribution is 7.91. The first-order valence-electron chi connectivity index (χ1n) is 5.58. The molecule has 110 valence electrons. The molecule has 21 heavy (non-hydrogen) atoms. The van der Waals surface area contributed by atoms with E-state index in [0.29, 0.717) is 5.56 Å². The summed E-state index contributed by atoms with van der Waals surface area (Å²) >= 11 is 5.63. The Labute approximate surface area is 125 Å². The Morgan fingerprint density at radius 3 is 2.48 bits per heavy atom. The van der Waals surface area contributed by atoms with E-state index < -0.39 is 14.9 Å². The average molecular weight is 329 g/mol. The van der Waals surface area contributed by atoms with Crippen molar-refractivity contribution >= 4 is 33.3 Å². The van der Waals surface area contributed by atoms with Gasteiger partial charge in [-0.15, -0.1) is 0 Å². The smallest absolute Gasteiger partial charge is 0.258 e. The van der Waals surface area contributed by atoms with Crippen molar-refractivity contribution in [3.05, 3.63) is 57.4 Å². The van der Waals surface area contributed by atoms with E-state index in [1.165, 1.54) is 36.5 Å². The molecule has 2 rings (SSSR count). The SMILES string of the molecule is O=[N+]([O-])c1ccc(CS(=O)(=O)Nc2nccc(Cl)n2)cc1. The highest BCUT2D eigenvalue weighted by atomic mass is 35.5. The van der Waals surface area contributed by atoms with Crippen LogP contribution in [0.2, 0.25) is 5.15 Å². The Morgan fingerprint density at radius 2 is 1.90 bits per heavy atom. The second-order valence-corrected chi connectivity index (χ2v) is 6.10. The topological polar surface area (TPSA) is 115 Å². The Morgan fingerprint density at radius 1 is 1.24 bits per heavy atom. The quantitative estimate of drug-likeness (QED) is 0.509. The molecular weight excluding hydrogens is 320 g/mol. The zero-order chi connectivity index (χ0) is 15.5. The number of anilines is 1. The molecule has 0 radical (unpaired) electrons. The van der Waals surface area contributed by atoms with Crippen LogP contribution in [-0.2, 0) is 15.8 Å². The lowest BCUT2D eigenvalue weighted by Gasteiger charge is -2.06. The molecular formula is C11H9ClN4O4S. The minimum absolute atomic E-state index is 0.109. The van der Waals surface area contributed by atoms with E-state index in [2.05, 4.69) is 14.7 Å². The van der Waals surface area contributed by atoms with Gasteiger partial charge in [-0.1, -0.05) is 23.7 Å². The van der Waals surface area contributed by atoms with E-state index in [-0.39, 0.29) is 22.5 Å². The van der Waals surface area contributed by atoms with Crippen LogP contribution in [0.1, 0.15) is 5.56 Å². The van der Waals surface area contributed by atoms with Gasteiger partial charge in [-0.3, -0.25) is 14.8 Å². The van der Waals surface area contributed by atoms with Gasteiger partial charge in [0.05, 0.1) is 10.7 Å². The van der Waals surface area contributed by atoms with Gasteiger partial charge in [-0.25, -0.2) is 18.4 Å². The third kappa shape index (κ3) is 4.36. The zero-order valence-electron chi connectivity index (χ0n) is 10.4. The molecule has 0 bridgehead atoms. The fourth-order valence-corrected chi connectivity index (χ4v) is 2.71. The van der Waals surface area contributed by atoms with Gasteiger partial charge in [-0.05, 0) is 11.6 Å². The number of nitro benzene ring substituents is 1. The lowest BCUT2D eigenvalue weighted by molar-refractivity contribution is -0.384. The molecule has 1 aromatic heterocycles. The predicted molar refractivity (Wildman–Crippen MR) is 76.4 cm³/mol. The molecule has 1 N–H and O–H groups in total. The summed E-state index contributed by atoms with van der Waals surface area (Å²) in [5.41, 5.74) is 0.289. The summed E-state index contributed by atoms with van der Waals surface area (Å²) in [5.74, 6) is -0.495. The molecule has 0 unspecified atom stereocenters. The summed E-state index contributed by atoms with van der Waals surface area (Å²) in [6.07, 6.45) is 1.32. The number of hydrogen-bond donors (Lipinski definition) is 1. The maximum Gasteiger partial charge on any atom is 0.269 e. The van der Waals surface area contributed by atoms with Crippen LogP contribution in [0.4, 0.5) is 11.6 Å². The fraction of sp³-hybridized carbons (Fsp3) is 0.0909. The van der Waals surface area contributed by atoms with Crippen LogP contribution in [0, 0.1) is 10.1 Å². The summed E-state index contributed by atoms with van der Waals surface area (Å²) in [6, 6.07) is 6.63. The van der Waals surface area contributed by atoms with Crippen molar-refractivity contribution in [2.24, 2.45) is 0 Å². The molecule has 0 spiro atoms. The van der Waals surface area contributed by atoms with E-state index in [0.717, 1.165) is 0 Å². The lowest BCUT2D eigenvalue weighted by atomic mass is 10.2. The number of hydrogen-bond acceptors (Lipinski definition) is 6. The number of aromatic nitrogens is 2. The van der Waals surface area contributed by atoms with Crippen LogP contribution in [0.15, 0.2) is 36.5 Å². The molecule has 1 heterocycles. The van der Waals surface area contributed by atoms with E-state index >= 15 is 0 Å². The summed E-state index contributed by atoms with van der Waals surface area (Å²) in [7, 11) is -3.74. The molecule has 0 atom stereocenters. The third-order valence-electron chi connectivity index (χ3n) is 2.37. The highest BCUT2D eigenvalue weighted by Gasteiger charge is 2.14. The molecule has 10 heteroatoms. The molecule has 0 aliphatic carbocycles. The molecule has 0 fully saturated rings. The second-order valence-electron chi connectivity index (χ2n) is 3.99.